The minimum Gasteiger partial charge on any atom is -0.0654 e. The molecule has 0 aliphatic rings. The second-order valence-corrected chi connectivity index (χ2v) is 14.7. The minimum absolute atomic E-state index is 1.37. The Hall–Kier alpha value is 0. The van der Waals surface area contributed by atoms with E-state index in [2.05, 4.69) is 27.7 Å². The molecule has 44 heavy (non-hydrogen) atoms. The van der Waals surface area contributed by atoms with Crippen molar-refractivity contribution in [3.05, 3.63) is 0 Å². The molecule has 0 saturated carbocycles. The van der Waals surface area contributed by atoms with Crippen molar-refractivity contribution in [1.29, 1.82) is 0 Å². The molecule has 0 rings (SSSR count). The first kappa shape index (κ1) is 46.1. The Morgan fingerprint density at radius 1 is 0.114 bits per heavy atom. The molecule has 0 amide bonds. The van der Waals surface area contributed by atoms with Gasteiger partial charge in [-0.05, 0) is 0 Å². The number of rotatable bonds is 38. The summed E-state index contributed by atoms with van der Waals surface area (Å²) in [6, 6.07) is 0. The highest BCUT2D eigenvalue weighted by atomic mass is 14.0. The molecule has 0 aliphatic heterocycles. The molecule has 0 nitrogen and oxygen atoms in total. The first-order chi connectivity index (χ1) is 21.8. The lowest BCUT2D eigenvalue weighted by molar-refractivity contribution is 0.520. The van der Waals surface area contributed by atoms with Gasteiger partial charge in [-0.15, -0.1) is 0 Å². The van der Waals surface area contributed by atoms with Crippen LogP contribution in [0.1, 0.15) is 285 Å². The van der Waals surface area contributed by atoms with Crippen LogP contribution >= 0.6 is 0 Å². The summed E-state index contributed by atoms with van der Waals surface area (Å²) in [7, 11) is 0. The fourth-order valence-electron chi connectivity index (χ4n) is 6.66. The molecule has 0 N–H and O–H groups in total. The van der Waals surface area contributed by atoms with E-state index in [1.165, 1.54) is 257 Å². The zero-order chi connectivity index (χ0) is 32.3. The van der Waals surface area contributed by atoms with Gasteiger partial charge < -0.3 is 0 Å². The van der Waals surface area contributed by atoms with Crippen molar-refractivity contribution in [3.8, 4) is 0 Å². The third-order valence-electron chi connectivity index (χ3n) is 9.91. The maximum atomic E-state index is 2.30. The first-order valence-corrected chi connectivity index (χ1v) is 21.8. The Labute approximate surface area is 283 Å². The van der Waals surface area contributed by atoms with Crippen molar-refractivity contribution in [3.63, 3.8) is 0 Å². The fraction of sp³-hybridized carbons (Fsp3) is 1.00. The number of hydrogen-bond donors (Lipinski definition) is 0. The van der Waals surface area contributed by atoms with Gasteiger partial charge in [0, 0.05) is 0 Å². The van der Waals surface area contributed by atoms with Gasteiger partial charge in [0.25, 0.3) is 0 Å². The van der Waals surface area contributed by atoms with Crippen molar-refractivity contribution in [1.82, 2.24) is 0 Å². The van der Waals surface area contributed by atoms with Gasteiger partial charge in [0.1, 0.15) is 0 Å². The van der Waals surface area contributed by atoms with Crippen molar-refractivity contribution in [2.24, 2.45) is 0 Å². The summed E-state index contributed by atoms with van der Waals surface area (Å²) in [5.41, 5.74) is 0. The topological polar surface area (TPSA) is 0 Å². The van der Waals surface area contributed by atoms with E-state index in [9.17, 15) is 0 Å². The molecule has 0 aromatic heterocycles. The highest BCUT2D eigenvalue weighted by Crippen LogP contribution is 2.16. The van der Waals surface area contributed by atoms with Crippen LogP contribution in [0.2, 0.25) is 0 Å². The van der Waals surface area contributed by atoms with Crippen molar-refractivity contribution in [2.45, 2.75) is 285 Å². The zero-order valence-electron chi connectivity index (χ0n) is 32.3. The second kappa shape index (κ2) is 47.4. The van der Waals surface area contributed by atoms with Crippen LogP contribution in [0.15, 0.2) is 0 Å². The van der Waals surface area contributed by atoms with Gasteiger partial charge in [-0.2, -0.15) is 0 Å². The maximum absolute atomic E-state index is 2.30. The van der Waals surface area contributed by atoms with Gasteiger partial charge in [0.05, 0.1) is 0 Å². The van der Waals surface area contributed by atoms with Crippen LogP contribution < -0.4 is 0 Å². The standard InChI is InChI=1S/C24H50.C20H42/c1-3-5-7-9-11-13-15-17-19-21-23-24-22-20-18-16-14-12-10-8-6-4-2;1-3-5-7-9-11-13-15-17-19-20-18-16-14-12-10-8-6-4-2/h3-24H2,1-2H3;3-20H2,1-2H3. The third kappa shape index (κ3) is 48.9. The van der Waals surface area contributed by atoms with Crippen LogP contribution in [0.3, 0.4) is 0 Å². The van der Waals surface area contributed by atoms with E-state index in [4.69, 9.17) is 0 Å². The first-order valence-electron chi connectivity index (χ1n) is 21.8. The molecule has 0 spiro atoms. The van der Waals surface area contributed by atoms with Crippen LogP contribution in [0.25, 0.3) is 0 Å². The van der Waals surface area contributed by atoms with Crippen LogP contribution in [0.4, 0.5) is 0 Å². The predicted molar refractivity (Wildman–Crippen MR) is 207 cm³/mol. The van der Waals surface area contributed by atoms with Crippen LogP contribution in [0.5, 0.6) is 0 Å². The molecule has 0 fully saturated rings. The van der Waals surface area contributed by atoms with Gasteiger partial charge >= 0.3 is 0 Å². The summed E-state index contributed by atoms with van der Waals surface area (Å²) in [5, 5.41) is 0. The Morgan fingerprint density at radius 2 is 0.182 bits per heavy atom. The molecule has 0 aliphatic carbocycles. The molecular weight excluding hydrogens is 528 g/mol. The van der Waals surface area contributed by atoms with Gasteiger partial charge in [0.2, 0.25) is 0 Å². The lowest BCUT2D eigenvalue weighted by Crippen LogP contribution is -1.84. The molecule has 0 atom stereocenters. The normalized spacial score (nSPS) is 11.2. The molecule has 0 radical (unpaired) electrons. The van der Waals surface area contributed by atoms with Crippen LogP contribution in [-0.4, -0.2) is 0 Å². The molecule has 0 bridgehead atoms. The average Bonchev–Trinajstić information content (AvgIpc) is 3.04. The Balaban J connectivity index is 0. The van der Waals surface area contributed by atoms with Gasteiger partial charge in [-0.3, -0.25) is 0 Å². The molecule has 0 aromatic carbocycles. The van der Waals surface area contributed by atoms with E-state index in [1.807, 2.05) is 0 Å². The molecule has 0 saturated heterocycles. The lowest BCUT2D eigenvalue weighted by atomic mass is 10.0. The smallest absolute Gasteiger partial charge is 0.0533 e. The highest BCUT2D eigenvalue weighted by Gasteiger charge is 1.96. The van der Waals surface area contributed by atoms with E-state index >= 15 is 0 Å². The SMILES string of the molecule is CCCCCCCCCCCCCCCCCCCC.CCCCCCCCCCCCCCCCCCCCCCCC. The number of unbranched alkanes of at least 4 members (excludes halogenated alkanes) is 38. The summed E-state index contributed by atoms with van der Waals surface area (Å²) in [5.74, 6) is 0. The molecule has 268 valence electrons. The van der Waals surface area contributed by atoms with E-state index in [0.29, 0.717) is 0 Å². The predicted octanol–water partition coefficient (Wildman–Crippen LogP) is 17.7. The van der Waals surface area contributed by atoms with Gasteiger partial charge in [-0.1, -0.05) is 285 Å². The molecule has 0 heterocycles. The average molecular weight is 621 g/mol. The quantitative estimate of drug-likeness (QED) is 0.0602. The Bertz CT molecular complexity index is 386. The molecule has 0 heteroatoms. The van der Waals surface area contributed by atoms with Gasteiger partial charge in [-0.25, -0.2) is 0 Å². The summed E-state index contributed by atoms with van der Waals surface area (Å²) >= 11 is 0. The zero-order valence-corrected chi connectivity index (χ0v) is 32.3. The monoisotopic (exact) mass is 621 g/mol. The summed E-state index contributed by atoms with van der Waals surface area (Å²) in [4.78, 5) is 0. The Kier molecular flexibility index (Phi) is 49.7. The Morgan fingerprint density at radius 3 is 0.250 bits per heavy atom. The van der Waals surface area contributed by atoms with E-state index in [0.717, 1.165) is 0 Å². The maximum Gasteiger partial charge on any atom is -0.0533 e. The highest BCUT2D eigenvalue weighted by molar-refractivity contribution is 4.52. The third-order valence-corrected chi connectivity index (χ3v) is 9.91. The fourth-order valence-corrected chi connectivity index (χ4v) is 6.66. The number of hydrogen-bond acceptors (Lipinski definition) is 0. The van der Waals surface area contributed by atoms with Crippen molar-refractivity contribution in [2.75, 3.05) is 0 Å². The lowest BCUT2D eigenvalue weighted by Gasteiger charge is -2.04. The summed E-state index contributed by atoms with van der Waals surface area (Å²) < 4.78 is 0. The molecular formula is C44H92. The van der Waals surface area contributed by atoms with Crippen LogP contribution in [0, 0.1) is 0 Å². The van der Waals surface area contributed by atoms with E-state index in [-0.39, 0.29) is 0 Å². The van der Waals surface area contributed by atoms with Crippen molar-refractivity contribution >= 4 is 0 Å². The summed E-state index contributed by atoms with van der Waals surface area (Å²) in [6.45, 7) is 9.20. The van der Waals surface area contributed by atoms with Gasteiger partial charge in [0.15, 0.2) is 0 Å². The summed E-state index contributed by atoms with van der Waals surface area (Å²) in [6.07, 6.45) is 58.8. The largest absolute Gasteiger partial charge is 0.0654 e. The van der Waals surface area contributed by atoms with Crippen LogP contribution in [-0.2, 0) is 0 Å². The minimum atomic E-state index is 1.37. The van der Waals surface area contributed by atoms with E-state index in [1.54, 1.807) is 0 Å². The molecule has 0 unspecified atom stereocenters. The van der Waals surface area contributed by atoms with Crippen molar-refractivity contribution < 1.29 is 0 Å². The molecule has 0 aromatic rings. The second-order valence-electron chi connectivity index (χ2n) is 14.7. The van der Waals surface area contributed by atoms with E-state index < -0.39 is 0 Å².